The molecular formula is C13H19NO. The van der Waals surface area contributed by atoms with Crippen molar-refractivity contribution in [1.82, 2.24) is 5.32 Å². The average molecular weight is 205 g/mol. The molecule has 1 fully saturated rings. The van der Waals surface area contributed by atoms with Gasteiger partial charge >= 0.3 is 0 Å². The van der Waals surface area contributed by atoms with Gasteiger partial charge in [0, 0.05) is 12.6 Å². The molecule has 1 N–H and O–H groups in total. The van der Waals surface area contributed by atoms with Crippen molar-refractivity contribution >= 4 is 0 Å². The fourth-order valence-corrected chi connectivity index (χ4v) is 1.96. The molecule has 1 aromatic rings. The normalized spacial score (nSPS) is 26.5. The van der Waals surface area contributed by atoms with Gasteiger partial charge in [-0.15, -0.1) is 0 Å². The molecule has 0 bridgehead atoms. The molecule has 2 atom stereocenters. The predicted octanol–water partition coefficient (Wildman–Crippen LogP) is 2.00. The van der Waals surface area contributed by atoms with Crippen LogP contribution in [0.4, 0.5) is 0 Å². The Kier molecular flexibility index (Phi) is 3.75. The van der Waals surface area contributed by atoms with Gasteiger partial charge in [-0.2, -0.15) is 0 Å². The minimum Gasteiger partial charge on any atom is -0.375 e. The second-order valence-electron chi connectivity index (χ2n) is 4.16. The van der Waals surface area contributed by atoms with E-state index in [1.165, 1.54) is 5.56 Å². The zero-order chi connectivity index (χ0) is 10.5. The van der Waals surface area contributed by atoms with Crippen LogP contribution in [0.25, 0.3) is 0 Å². The molecule has 1 aromatic carbocycles. The number of morpholine rings is 1. The van der Waals surface area contributed by atoms with E-state index in [4.69, 9.17) is 4.74 Å². The minimum atomic E-state index is 0.414. The molecule has 1 saturated heterocycles. The Labute approximate surface area is 91.6 Å². The number of nitrogens with one attached hydrogen (secondary N) is 1. The number of hydrogen-bond donors (Lipinski definition) is 1. The third kappa shape index (κ3) is 3.05. The lowest BCUT2D eigenvalue weighted by atomic mass is 10.0. The van der Waals surface area contributed by atoms with Crippen LogP contribution in [0.2, 0.25) is 0 Å². The quantitative estimate of drug-likeness (QED) is 0.815. The molecule has 0 amide bonds. The van der Waals surface area contributed by atoms with Crippen LogP contribution in [0.3, 0.4) is 0 Å². The third-order valence-electron chi connectivity index (χ3n) is 2.95. The van der Waals surface area contributed by atoms with Gasteiger partial charge in [-0.05, 0) is 18.4 Å². The van der Waals surface area contributed by atoms with Crippen LogP contribution >= 0.6 is 0 Å². The average Bonchev–Trinajstić information content (AvgIpc) is 2.31. The lowest BCUT2D eigenvalue weighted by Crippen LogP contribution is -2.47. The Morgan fingerprint density at radius 1 is 1.33 bits per heavy atom. The second-order valence-corrected chi connectivity index (χ2v) is 4.16. The molecule has 0 radical (unpaired) electrons. The molecule has 1 aliphatic heterocycles. The summed E-state index contributed by atoms with van der Waals surface area (Å²) in [6, 6.07) is 11.1. The summed E-state index contributed by atoms with van der Waals surface area (Å²) in [7, 11) is 0. The smallest absolute Gasteiger partial charge is 0.0697 e. The molecular weight excluding hydrogens is 186 g/mol. The van der Waals surface area contributed by atoms with Crippen molar-refractivity contribution < 1.29 is 4.74 Å². The summed E-state index contributed by atoms with van der Waals surface area (Å²) in [6.07, 6.45) is 2.58. The highest BCUT2D eigenvalue weighted by Crippen LogP contribution is 2.09. The van der Waals surface area contributed by atoms with Gasteiger partial charge in [-0.25, -0.2) is 0 Å². The van der Waals surface area contributed by atoms with Crippen LogP contribution in [0.5, 0.6) is 0 Å². The monoisotopic (exact) mass is 205 g/mol. The maximum atomic E-state index is 5.75. The van der Waals surface area contributed by atoms with Crippen molar-refractivity contribution in [3.05, 3.63) is 35.9 Å². The molecule has 1 aliphatic rings. The lowest BCUT2D eigenvalue weighted by molar-refractivity contribution is 0.00272. The highest BCUT2D eigenvalue weighted by Gasteiger charge is 2.19. The number of benzene rings is 1. The van der Waals surface area contributed by atoms with Gasteiger partial charge < -0.3 is 10.1 Å². The largest absolute Gasteiger partial charge is 0.375 e. The van der Waals surface area contributed by atoms with E-state index in [9.17, 15) is 0 Å². The lowest BCUT2D eigenvalue weighted by Gasteiger charge is -2.29. The molecule has 0 aromatic heterocycles. The van der Waals surface area contributed by atoms with E-state index < -0.39 is 0 Å². The highest BCUT2D eigenvalue weighted by atomic mass is 16.5. The van der Waals surface area contributed by atoms with Crippen LogP contribution in [-0.2, 0) is 11.2 Å². The van der Waals surface area contributed by atoms with Gasteiger partial charge in [0.25, 0.3) is 0 Å². The first-order valence-corrected chi connectivity index (χ1v) is 5.77. The van der Waals surface area contributed by atoms with E-state index >= 15 is 0 Å². The van der Waals surface area contributed by atoms with Crippen LogP contribution in [-0.4, -0.2) is 25.3 Å². The van der Waals surface area contributed by atoms with E-state index in [1.54, 1.807) is 0 Å². The molecule has 82 valence electrons. The van der Waals surface area contributed by atoms with E-state index in [2.05, 4.69) is 42.6 Å². The summed E-state index contributed by atoms with van der Waals surface area (Å²) in [5.41, 5.74) is 1.38. The molecule has 2 unspecified atom stereocenters. The van der Waals surface area contributed by atoms with Crippen LogP contribution in [0, 0.1) is 0 Å². The van der Waals surface area contributed by atoms with Crippen molar-refractivity contribution in [2.45, 2.75) is 31.9 Å². The Morgan fingerprint density at radius 2 is 2.13 bits per heavy atom. The van der Waals surface area contributed by atoms with Gasteiger partial charge in [-0.1, -0.05) is 37.3 Å². The number of hydrogen-bond acceptors (Lipinski definition) is 2. The predicted molar refractivity (Wildman–Crippen MR) is 62.0 cm³/mol. The number of rotatable bonds is 3. The summed E-state index contributed by atoms with van der Waals surface area (Å²) in [5, 5.41) is 3.54. The fraction of sp³-hybridized carbons (Fsp3) is 0.538. The topological polar surface area (TPSA) is 21.3 Å². The molecule has 2 rings (SSSR count). The van der Waals surface area contributed by atoms with Gasteiger partial charge in [0.15, 0.2) is 0 Å². The molecule has 0 spiro atoms. The van der Waals surface area contributed by atoms with E-state index in [-0.39, 0.29) is 0 Å². The third-order valence-corrected chi connectivity index (χ3v) is 2.95. The maximum absolute atomic E-state index is 5.75. The fourth-order valence-electron chi connectivity index (χ4n) is 1.96. The summed E-state index contributed by atoms with van der Waals surface area (Å²) in [6.45, 7) is 4.01. The van der Waals surface area contributed by atoms with Crippen molar-refractivity contribution in [3.63, 3.8) is 0 Å². The van der Waals surface area contributed by atoms with Crippen LogP contribution in [0.1, 0.15) is 18.9 Å². The van der Waals surface area contributed by atoms with Crippen LogP contribution < -0.4 is 5.32 Å². The van der Waals surface area contributed by atoms with Crippen molar-refractivity contribution in [2.24, 2.45) is 0 Å². The molecule has 2 heteroatoms. The Bertz CT molecular complexity index is 278. The summed E-state index contributed by atoms with van der Waals surface area (Å²) >= 11 is 0. The zero-order valence-electron chi connectivity index (χ0n) is 9.28. The molecule has 2 nitrogen and oxygen atoms in total. The molecule has 0 saturated carbocycles. The molecule has 1 heterocycles. The first kappa shape index (κ1) is 10.7. The van der Waals surface area contributed by atoms with Gasteiger partial charge in [0.05, 0.1) is 12.7 Å². The zero-order valence-corrected chi connectivity index (χ0v) is 9.28. The SMILES string of the molecule is CCC1CNC(Cc2ccccc2)CO1. The molecule has 0 aliphatic carbocycles. The van der Waals surface area contributed by atoms with E-state index in [0.717, 1.165) is 26.0 Å². The maximum Gasteiger partial charge on any atom is 0.0697 e. The summed E-state index contributed by atoms with van der Waals surface area (Å²) in [4.78, 5) is 0. The van der Waals surface area contributed by atoms with Crippen molar-refractivity contribution in [1.29, 1.82) is 0 Å². The van der Waals surface area contributed by atoms with Gasteiger partial charge in [0.2, 0.25) is 0 Å². The van der Waals surface area contributed by atoms with Crippen LogP contribution in [0.15, 0.2) is 30.3 Å². The Hall–Kier alpha value is -0.860. The summed E-state index contributed by atoms with van der Waals surface area (Å²) in [5.74, 6) is 0. The number of ether oxygens (including phenoxy) is 1. The van der Waals surface area contributed by atoms with E-state index in [0.29, 0.717) is 12.1 Å². The first-order chi connectivity index (χ1) is 7.38. The standard InChI is InChI=1S/C13H19NO/c1-2-13-9-14-12(10-15-13)8-11-6-4-3-5-7-11/h3-7,12-14H,2,8-10H2,1H3. The minimum absolute atomic E-state index is 0.414. The second kappa shape index (κ2) is 5.29. The Morgan fingerprint density at radius 3 is 2.73 bits per heavy atom. The van der Waals surface area contributed by atoms with Gasteiger partial charge in [0.1, 0.15) is 0 Å². The Balaban J connectivity index is 1.82. The van der Waals surface area contributed by atoms with Crippen molar-refractivity contribution in [2.75, 3.05) is 13.2 Å². The summed E-state index contributed by atoms with van der Waals surface area (Å²) < 4.78 is 5.75. The molecule has 15 heavy (non-hydrogen) atoms. The highest BCUT2D eigenvalue weighted by molar-refractivity contribution is 5.16. The van der Waals surface area contributed by atoms with E-state index in [1.807, 2.05) is 0 Å². The van der Waals surface area contributed by atoms with Crippen molar-refractivity contribution in [3.8, 4) is 0 Å². The van der Waals surface area contributed by atoms with Gasteiger partial charge in [-0.3, -0.25) is 0 Å². The first-order valence-electron chi connectivity index (χ1n) is 5.77.